The Hall–Kier alpha value is -4.28. The van der Waals surface area contributed by atoms with Gasteiger partial charge in [-0.15, -0.1) is 4.91 Å². The van der Waals surface area contributed by atoms with Crippen molar-refractivity contribution in [1.82, 2.24) is 20.6 Å². The highest BCUT2D eigenvalue weighted by atomic mass is 16.5. The minimum atomic E-state index is -0.447. The smallest absolute Gasteiger partial charge is 0.244 e. The zero-order valence-corrected chi connectivity index (χ0v) is 25.3. The molecule has 0 fully saturated rings. The maximum atomic E-state index is 12.6. The molecule has 0 aliphatic rings. The maximum absolute atomic E-state index is 12.6. The molecule has 0 aliphatic heterocycles. The highest BCUT2D eigenvalue weighted by Gasteiger charge is 2.20. The number of nitroso groups, excluding NO2 is 1. The van der Waals surface area contributed by atoms with E-state index >= 15 is 0 Å². The second-order valence-corrected chi connectivity index (χ2v) is 8.46. The molecule has 0 aliphatic carbocycles. The highest BCUT2D eigenvalue weighted by Crippen LogP contribution is 2.24. The van der Waals surface area contributed by atoms with Crippen molar-refractivity contribution < 1.29 is 14.3 Å². The molecule has 1 amide bonds. The van der Waals surface area contributed by atoms with Crippen LogP contribution in [0.5, 0.6) is 0 Å². The number of hydrogen-bond donors (Lipinski definition) is 2. The fourth-order valence-corrected chi connectivity index (χ4v) is 3.13. The van der Waals surface area contributed by atoms with Crippen molar-refractivity contribution in [3.05, 3.63) is 90.3 Å². The van der Waals surface area contributed by atoms with Crippen molar-refractivity contribution in [3.63, 3.8) is 0 Å². The summed E-state index contributed by atoms with van der Waals surface area (Å²) in [7, 11) is 4.73. The van der Waals surface area contributed by atoms with E-state index in [-0.39, 0.29) is 18.4 Å². The standard InChI is InChI=1S/C23H30N4O2.C6H8N2O2.C2H6/c1-6-16(2)22(27-23(28)21(24-4)15-29-5)26-17(3)19-8-7-9-20(14-19)18-10-12-25-13-11-18;1-3-6(5-9)4-8(2)7-10;1-2/h7-14,16,21,24H,3,6,15H2,1-2,4-5H3,(H,26,27,28);3-5H,1H2,2H3;1-2H3/b;6-4+;. The third-order valence-electron chi connectivity index (χ3n) is 5.63. The molecule has 0 radical (unpaired) electrons. The lowest BCUT2D eigenvalue weighted by atomic mass is 10.0. The topological polar surface area (TPSA) is 125 Å². The zero-order chi connectivity index (χ0) is 31.2. The predicted molar refractivity (Wildman–Crippen MR) is 168 cm³/mol. The first kappa shape index (κ1) is 36.7. The van der Waals surface area contributed by atoms with Crippen molar-refractivity contribution in [2.75, 3.05) is 27.8 Å². The number of ether oxygens (including phenoxy) is 1. The van der Waals surface area contributed by atoms with Gasteiger partial charge in [0.15, 0.2) is 6.29 Å². The summed E-state index contributed by atoms with van der Waals surface area (Å²) >= 11 is 0. The number of carbonyl (C=O) groups excluding carboxylic acids is 2. The normalized spacial score (nSPS) is 12.3. The molecule has 2 unspecified atom stereocenters. The predicted octanol–water partition coefficient (Wildman–Crippen LogP) is 5.41. The number of nitrogens with one attached hydrogen (secondary N) is 2. The first-order chi connectivity index (χ1) is 19.7. The van der Waals surface area contributed by atoms with E-state index in [0.717, 1.165) is 28.1 Å². The third-order valence-corrected chi connectivity index (χ3v) is 5.63. The Morgan fingerprint density at radius 3 is 2.37 bits per heavy atom. The van der Waals surface area contributed by atoms with Gasteiger partial charge in [-0.25, -0.2) is 10.0 Å². The van der Waals surface area contributed by atoms with Gasteiger partial charge >= 0.3 is 0 Å². The van der Waals surface area contributed by atoms with Crippen LogP contribution in [-0.4, -0.2) is 61.9 Å². The lowest BCUT2D eigenvalue weighted by Gasteiger charge is -2.19. The molecule has 2 rings (SSSR count). The van der Waals surface area contributed by atoms with Crippen LogP contribution in [0.4, 0.5) is 0 Å². The first-order valence-corrected chi connectivity index (χ1v) is 13.3. The number of amidine groups is 1. The maximum Gasteiger partial charge on any atom is 0.244 e. The van der Waals surface area contributed by atoms with E-state index in [1.807, 2.05) is 57.2 Å². The number of aldehydes is 1. The lowest BCUT2D eigenvalue weighted by molar-refractivity contribution is -0.122. The molecule has 10 heteroatoms. The molecule has 0 bridgehead atoms. The van der Waals surface area contributed by atoms with Crippen LogP contribution in [0.3, 0.4) is 0 Å². The number of aliphatic imine (C=N–C) groups is 1. The van der Waals surface area contributed by atoms with Crippen molar-refractivity contribution in [1.29, 1.82) is 0 Å². The van der Waals surface area contributed by atoms with Crippen LogP contribution in [0.15, 0.2) is 90.1 Å². The molecule has 1 aromatic carbocycles. The Labute approximate surface area is 244 Å². The van der Waals surface area contributed by atoms with Gasteiger partial charge in [-0.2, -0.15) is 0 Å². The van der Waals surface area contributed by atoms with E-state index in [1.54, 1.807) is 26.6 Å². The number of carbonyl (C=O) groups is 2. The van der Waals surface area contributed by atoms with Crippen LogP contribution in [0.2, 0.25) is 0 Å². The average molecular weight is 565 g/mol. The number of pyridine rings is 1. The van der Waals surface area contributed by atoms with E-state index in [2.05, 4.69) is 46.0 Å². The summed E-state index contributed by atoms with van der Waals surface area (Å²) in [6.45, 7) is 15.9. The van der Waals surface area contributed by atoms with Gasteiger partial charge < -0.3 is 15.4 Å². The van der Waals surface area contributed by atoms with Gasteiger partial charge in [-0.05, 0) is 42.8 Å². The summed E-state index contributed by atoms with van der Waals surface area (Å²) in [6.07, 6.45) is 7.60. The van der Waals surface area contributed by atoms with Gasteiger partial charge in [0.2, 0.25) is 5.91 Å². The Balaban J connectivity index is 0.00000113. The van der Waals surface area contributed by atoms with Gasteiger partial charge in [0.25, 0.3) is 0 Å². The Bertz CT molecular complexity index is 1150. The van der Waals surface area contributed by atoms with E-state index in [1.165, 1.54) is 19.3 Å². The van der Waals surface area contributed by atoms with Crippen LogP contribution in [0, 0.1) is 10.8 Å². The second kappa shape index (κ2) is 21.5. The Morgan fingerprint density at radius 1 is 1.20 bits per heavy atom. The quantitative estimate of drug-likeness (QED) is 0.0634. The second-order valence-electron chi connectivity index (χ2n) is 8.46. The average Bonchev–Trinajstić information content (AvgIpc) is 3.03. The van der Waals surface area contributed by atoms with Gasteiger partial charge in [-0.3, -0.25) is 14.6 Å². The largest absolute Gasteiger partial charge is 0.383 e. The number of amides is 1. The number of allylic oxidation sites excluding steroid dienone is 2. The van der Waals surface area contributed by atoms with Crippen LogP contribution in [0.25, 0.3) is 16.8 Å². The zero-order valence-electron chi connectivity index (χ0n) is 25.3. The summed E-state index contributed by atoms with van der Waals surface area (Å²) < 4.78 is 5.10. The molecule has 2 atom stereocenters. The molecular formula is C31H44N6O4. The lowest BCUT2D eigenvalue weighted by Crippen LogP contribution is -2.48. The van der Waals surface area contributed by atoms with E-state index < -0.39 is 6.04 Å². The Kier molecular flexibility index (Phi) is 19.3. The highest BCUT2D eigenvalue weighted by molar-refractivity contribution is 6.03. The van der Waals surface area contributed by atoms with Crippen molar-refractivity contribution >= 4 is 23.7 Å². The first-order valence-electron chi connectivity index (χ1n) is 13.3. The van der Waals surface area contributed by atoms with Crippen molar-refractivity contribution in [2.24, 2.45) is 16.2 Å². The minimum absolute atomic E-state index is 0.0825. The SMILES string of the molecule is C=C(N=C(NC(=O)C(COC)NC)C(C)CC)c1cccc(-c2ccncc2)c1.C=C/C(C=O)=C\N(C)N=O.CC. The molecule has 0 saturated heterocycles. The molecule has 0 saturated carbocycles. The fourth-order valence-electron chi connectivity index (χ4n) is 3.13. The van der Waals surface area contributed by atoms with Gasteiger partial charge in [0, 0.05) is 49.8 Å². The van der Waals surface area contributed by atoms with E-state index in [4.69, 9.17) is 4.74 Å². The number of methoxy groups -OCH3 is 1. The summed E-state index contributed by atoms with van der Waals surface area (Å²) in [5.41, 5.74) is 3.96. The molecule has 1 heterocycles. The van der Waals surface area contributed by atoms with Gasteiger partial charge in [0.05, 0.1) is 17.6 Å². The molecular weight excluding hydrogens is 520 g/mol. The van der Waals surface area contributed by atoms with Crippen LogP contribution in [-0.2, 0) is 14.3 Å². The number of benzene rings is 1. The van der Waals surface area contributed by atoms with E-state index in [0.29, 0.717) is 23.4 Å². The molecule has 10 nitrogen and oxygen atoms in total. The fraction of sp³-hybridized carbons (Fsp3) is 0.355. The number of nitrogens with zero attached hydrogens (tertiary/aromatic N) is 4. The van der Waals surface area contributed by atoms with Crippen LogP contribution >= 0.6 is 0 Å². The molecule has 0 spiro atoms. The number of rotatable bonds is 13. The van der Waals surface area contributed by atoms with Gasteiger partial charge in [-0.1, -0.05) is 65.1 Å². The minimum Gasteiger partial charge on any atom is -0.383 e. The van der Waals surface area contributed by atoms with Crippen LogP contribution < -0.4 is 10.6 Å². The van der Waals surface area contributed by atoms with Crippen molar-refractivity contribution in [3.8, 4) is 11.1 Å². The molecule has 2 N–H and O–H groups in total. The summed E-state index contributed by atoms with van der Waals surface area (Å²) in [4.78, 5) is 41.2. The van der Waals surface area contributed by atoms with Crippen LogP contribution in [0.1, 0.15) is 39.7 Å². The monoisotopic (exact) mass is 564 g/mol. The summed E-state index contributed by atoms with van der Waals surface area (Å²) in [5.74, 6) is 0.513. The van der Waals surface area contributed by atoms with Crippen molar-refractivity contribution in [2.45, 2.75) is 40.2 Å². The Morgan fingerprint density at radius 2 is 1.85 bits per heavy atom. The third kappa shape index (κ3) is 13.6. The van der Waals surface area contributed by atoms with E-state index in [9.17, 15) is 14.5 Å². The van der Waals surface area contributed by atoms with Gasteiger partial charge in [0.1, 0.15) is 11.9 Å². The molecule has 2 aromatic rings. The summed E-state index contributed by atoms with van der Waals surface area (Å²) in [5, 5.41) is 9.42. The number of hydrogen-bond acceptors (Lipinski definition) is 8. The molecule has 1 aromatic heterocycles. The number of likely N-dealkylation sites (N-methyl/N-ethyl adjacent to an activating group) is 1. The molecule has 222 valence electrons. The molecule has 41 heavy (non-hydrogen) atoms. The summed E-state index contributed by atoms with van der Waals surface area (Å²) in [6, 6.07) is 11.5. The number of aromatic nitrogens is 1.